The van der Waals surface area contributed by atoms with Gasteiger partial charge in [0.15, 0.2) is 0 Å². The monoisotopic (exact) mass is 774 g/mol. The molecule has 192 valence electrons. The molecule has 0 saturated heterocycles. The van der Waals surface area contributed by atoms with Gasteiger partial charge in [-0.25, -0.2) is 4.99 Å². The lowest BCUT2D eigenvalue weighted by Gasteiger charge is -2.12. The summed E-state index contributed by atoms with van der Waals surface area (Å²) in [5, 5.41) is 11.3. The van der Waals surface area contributed by atoms with Gasteiger partial charge in [0.2, 0.25) is 5.88 Å². The van der Waals surface area contributed by atoms with E-state index in [1.165, 1.54) is 0 Å². The summed E-state index contributed by atoms with van der Waals surface area (Å²) in [6, 6.07) is 31.1. The largest absolute Gasteiger partial charge is 0.487 e. The van der Waals surface area contributed by atoms with E-state index in [0.29, 0.717) is 28.0 Å². The Morgan fingerprint density at radius 3 is 2.13 bits per heavy atom. The lowest BCUT2D eigenvalue weighted by Crippen LogP contribution is -2.00. The molecule has 0 aliphatic carbocycles. The number of furan rings is 1. The lowest BCUT2D eigenvalue weighted by atomic mass is 9.98. The van der Waals surface area contributed by atoms with Gasteiger partial charge < -0.3 is 9.15 Å². The second-order valence-electron chi connectivity index (χ2n) is 8.43. The highest BCUT2D eigenvalue weighted by atomic mass is 127. The van der Waals surface area contributed by atoms with Gasteiger partial charge in [0, 0.05) is 33.0 Å². The third kappa shape index (κ3) is 6.33. The number of benzene rings is 4. The average Bonchev–Trinajstić information content (AvgIpc) is 3.32. The summed E-state index contributed by atoms with van der Waals surface area (Å²) < 4.78 is 14.2. The maximum atomic E-state index is 10.1. The SMILES string of the molecule is N#Cc1c(N=Cc2cc(I)c(OCc3ccc(Cl)cc3Cl)c(I)c2)oc(-c2ccccc2)c1-c1ccccc1. The fraction of sp³-hybridized carbons (Fsp3) is 0.0323. The number of rotatable bonds is 7. The molecule has 0 amide bonds. The van der Waals surface area contributed by atoms with Gasteiger partial charge >= 0.3 is 0 Å². The van der Waals surface area contributed by atoms with Crippen molar-refractivity contribution in [2.45, 2.75) is 6.61 Å². The van der Waals surface area contributed by atoms with Crippen LogP contribution in [0.2, 0.25) is 10.0 Å². The Kier molecular flexibility index (Phi) is 8.92. The van der Waals surface area contributed by atoms with E-state index >= 15 is 0 Å². The number of ether oxygens (including phenoxy) is 1. The molecule has 1 heterocycles. The molecule has 0 saturated carbocycles. The van der Waals surface area contributed by atoms with Gasteiger partial charge in [0.1, 0.15) is 29.7 Å². The van der Waals surface area contributed by atoms with Gasteiger partial charge in [0.05, 0.1) is 7.14 Å². The lowest BCUT2D eigenvalue weighted by molar-refractivity contribution is 0.302. The summed E-state index contributed by atoms with van der Waals surface area (Å²) in [6.07, 6.45) is 1.70. The summed E-state index contributed by atoms with van der Waals surface area (Å²) in [5.41, 5.74) is 4.59. The number of hydrogen-bond acceptors (Lipinski definition) is 4. The average molecular weight is 775 g/mol. The highest BCUT2D eigenvalue weighted by molar-refractivity contribution is 14.1. The van der Waals surface area contributed by atoms with Gasteiger partial charge in [-0.2, -0.15) is 5.26 Å². The Labute approximate surface area is 263 Å². The van der Waals surface area contributed by atoms with Crippen molar-refractivity contribution in [1.29, 1.82) is 5.26 Å². The molecule has 5 aromatic rings. The minimum atomic E-state index is 0.262. The van der Waals surface area contributed by atoms with Crippen molar-refractivity contribution in [3.8, 4) is 34.3 Å². The number of nitrogens with zero attached hydrogens (tertiary/aromatic N) is 2. The molecule has 0 spiro atoms. The van der Waals surface area contributed by atoms with E-state index < -0.39 is 0 Å². The Hall–Kier alpha value is -2.84. The maximum absolute atomic E-state index is 10.1. The van der Waals surface area contributed by atoms with E-state index in [4.69, 9.17) is 32.4 Å². The van der Waals surface area contributed by atoms with Crippen molar-refractivity contribution in [3.63, 3.8) is 0 Å². The van der Waals surface area contributed by atoms with Crippen LogP contribution >= 0.6 is 68.4 Å². The maximum Gasteiger partial charge on any atom is 0.238 e. The molecule has 0 atom stereocenters. The van der Waals surface area contributed by atoms with E-state index in [1.807, 2.05) is 78.9 Å². The quantitative estimate of drug-likeness (QED) is 0.122. The second kappa shape index (κ2) is 12.6. The normalized spacial score (nSPS) is 11.1. The molecule has 0 N–H and O–H groups in total. The molecule has 5 rings (SSSR count). The molecule has 39 heavy (non-hydrogen) atoms. The van der Waals surface area contributed by atoms with Gasteiger partial charge in [-0.1, -0.05) is 89.9 Å². The third-order valence-electron chi connectivity index (χ3n) is 5.84. The number of hydrogen-bond donors (Lipinski definition) is 0. The van der Waals surface area contributed by atoms with Crippen LogP contribution in [0.25, 0.3) is 22.5 Å². The molecule has 0 fully saturated rings. The molecular weight excluding hydrogens is 757 g/mol. The summed E-state index contributed by atoms with van der Waals surface area (Å²) in [6.45, 7) is 0.317. The Bertz CT molecular complexity index is 1690. The first kappa shape index (κ1) is 27.7. The van der Waals surface area contributed by atoms with E-state index in [1.54, 1.807) is 18.3 Å². The molecule has 0 aliphatic heterocycles. The molecule has 4 aromatic carbocycles. The zero-order valence-electron chi connectivity index (χ0n) is 20.2. The predicted molar refractivity (Wildman–Crippen MR) is 174 cm³/mol. The predicted octanol–water partition coefficient (Wildman–Crippen LogP) is 10.3. The van der Waals surface area contributed by atoms with Gasteiger partial charge in [-0.3, -0.25) is 0 Å². The van der Waals surface area contributed by atoms with E-state index in [2.05, 4.69) is 56.2 Å². The molecule has 0 radical (unpaired) electrons. The van der Waals surface area contributed by atoms with E-state index in [-0.39, 0.29) is 5.88 Å². The number of halogens is 4. The standard InChI is InChI=1S/C31H18Cl2I2N2O2/c32-23-12-11-22(25(33)15-23)18-38-30-26(34)13-19(14-27(30)35)17-37-31-24(16-36)28(20-7-3-1-4-8-20)29(39-31)21-9-5-2-6-10-21/h1-15,17H,18H2. The summed E-state index contributed by atoms with van der Waals surface area (Å²) >= 11 is 16.8. The molecule has 0 aliphatic rings. The Morgan fingerprint density at radius 1 is 0.872 bits per heavy atom. The molecule has 1 aromatic heterocycles. The van der Waals surface area contributed by atoms with Crippen molar-refractivity contribution in [1.82, 2.24) is 0 Å². The van der Waals surface area contributed by atoms with Crippen LogP contribution in [0.5, 0.6) is 5.75 Å². The molecule has 0 unspecified atom stereocenters. The van der Waals surface area contributed by atoms with Crippen molar-refractivity contribution in [3.05, 3.63) is 125 Å². The van der Waals surface area contributed by atoms with E-state index in [9.17, 15) is 5.26 Å². The van der Waals surface area contributed by atoms with Crippen LogP contribution in [0.1, 0.15) is 16.7 Å². The zero-order chi connectivity index (χ0) is 27.4. The molecular formula is C31H18Cl2I2N2O2. The molecule has 8 heteroatoms. The minimum Gasteiger partial charge on any atom is -0.487 e. The van der Waals surface area contributed by atoms with Crippen LogP contribution in [0.4, 0.5) is 5.88 Å². The minimum absolute atomic E-state index is 0.262. The first-order chi connectivity index (χ1) is 18.9. The van der Waals surface area contributed by atoms with Gasteiger partial charge in [0.25, 0.3) is 0 Å². The first-order valence-electron chi connectivity index (χ1n) is 11.7. The van der Waals surface area contributed by atoms with Crippen molar-refractivity contribution < 1.29 is 9.15 Å². The van der Waals surface area contributed by atoms with Crippen LogP contribution in [0, 0.1) is 18.5 Å². The Morgan fingerprint density at radius 2 is 1.51 bits per heavy atom. The fourth-order valence-electron chi connectivity index (χ4n) is 4.00. The number of aliphatic imine (C=N–C) groups is 1. The van der Waals surface area contributed by atoms with Crippen LogP contribution in [-0.2, 0) is 6.61 Å². The van der Waals surface area contributed by atoms with Crippen LogP contribution in [-0.4, -0.2) is 6.21 Å². The zero-order valence-corrected chi connectivity index (χ0v) is 26.0. The topological polar surface area (TPSA) is 58.5 Å². The smallest absolute Gasteiger partial charge is 0.238 e. The highest BCUT2D eigenvalue weighted by Gasteiger charge is 2.22. The number of nitriles is 1. The highest BCUT2D eigenvalue weighted by Crippen LogP contribution is 2.42. The summed E-state index contributed by atoms with van der Waals surface area (Å²) in [7, 11) is 0. The van der Waals surface area contributed by atoms with Crippen molar-refractivity contribution in [2.24, 2.45) is 4.99 Å². The van der Waals surface area contributed by atoms with Gasteiger partial charge in [-0.15, -0.1) is 0 Å². The van der Waals surface area contributed by atoms with Crippen molar-refractivity contribution >= 4 is 80.5 Å². The fourth-order valence-corrected chi connectivity index (χ4v) is 6.59. The molecule has 4 nitrogen and oxygen atoms in total. The summed E-state index contributed by atoms with van der Waals surface area (Å²) in [4.78, 5) is 4.61. The Balaban J connectivity index is 1.47. The summed E-state index contributed by atoms with van der Waals surface area (Å²) in [5.74, 6) is 1.63. The first-order valence-corrected chi connectivity index (χ1v) is 14.6. The van der Waals surface area contributed by atoms with Crippen LogP contribution < -0.4 is 4.74 Å². The van der Waals surface area contributed by atoms with Crippen LogP contribution in [0.3, 0.4) is 0 Å². The van der Waals surface area contributed by atoms with E-state index in [0.717, 1.165) is 40.7 Å². The van der Waals surface area contributed by atoms with Crippen LogP contribution in [0.15, 0.2) is 100 Å². The second-order valence-corrected chi connectivity index (χ2v) is 11.6. The molecule has 0 bridgehead atoms. The van der Waals surface area contributed by atoms with Crippen molar-refractivity contribution in [2.75, 3.05) is 0 Å². The van der Waals surface area contributed by atoms with Gasteiger partial charge in [-0.05, 0) is 80.6 Å². The third-order valence-corrected chi connectivity index (χ3v) is 8.03.